The van der Waals surface area contributed by atoms with Gasteiger partial charge in [-0.05, 0) is 49.5 Å². The molecule has 12 heteroatoms. The van der Waals surface area contributed by atoms with Crippen molar-refractivity contribution >= 4 is 19.9 Å². The summed E-state index contributed by atoms with van der Waals surface area (Å²) >= 11 is 6.68. The van der Waals surface area contributed by atoms with E-state index in [1.165, 1.54) is 0 Å². The number of rotatable bonds is 9. The van der Waals surface area contributed by atoms with Gasteiger partial charge in [0.15, 0.2) is 19.8 Å². The molecule has 1 aliphatic carbocycles. The maximum Gasteiger partial charge on any atom is 0.433 e. The average molecular weight is 648 g/mol. The van der Waals surface area contributed by atoms with Gasteiger partial charge in [0.2, 0.25) is 0 Å². The van der Waals surface area contributed by atoms with Crippen LogP contribution in [0.4, 0.5) is 13.2 Å². The highest BCUT2D eigenvalue weighted by Gasteiger charge is 2.52. The summed E-state index contributed by atoms with van der Waals surface area (Å²) in [7, 11) is -2.13. The molecule has 7 nitrogen and oxygen atoms in total. The fourth-order valence-electron chi connectivity index (χ4n) is 5.47. The summed E-state index contributed by atoms with van der Waals surface area (Å²) in [5, 5.41) is 18.7. The Kier molecular flexibility index (Phi) is 8.56. The first-order valence-electron chi connectivity index (χ1n) is 14.4. The summed E-state index contributed by atoms with van der Waals surface area (Å²) in [5.41, 5.74) is -0.317. The Morgan fingerprint density at radius 2 is 1.75 bits per heavy atom. The first kappa shape index (κ1) is 32.3. The van der Waals surface area contributed by atoms with Crippen molar-refractivity contribution in [1.29, 1.82) is 0 Å². The molecule has 0 atom stereocenters. The fraction of sp³-hybridized carbons (Fsp3) is 0.438. The highest BCUT2D eigenvalue weighted by molar-refractivity contribution is 6.74. The van der Waals surface area contributed by atoms with E-state index in [1.807, 2.05) is 37.3 Å². The summed E-state index contributed by atoms with van der Waals surface area (Å²) in [6.07, 6.45) is -2.84. The van der Waals surface area contributed by atoms with Crippen LogP contribution < -0.4 is 4.74 Å². The van der Waals surface area contributed by atoms with E-state index < -0.39 is 38.4 Å². The Bertz CT molecular complexity index is 1620. The van der Waals surface area contributed by atoms with Crippen LogP contribution >= 0.6 is 11.6 Å². The lowest BCUT2D eigenvalue weighted by Gasteiger charge is -2.52. The SMILES string of the molecule is CC1(O[Si](C)(C)C(C)(C)C)CC(n2ncc(-c3onc(-c4cccc(OCc5ccccc5)c4Cl)c3CO)c2C(F)(F)F)C1. The van der Waals surface area contributed by atoms with Gasteiger partial charge in [0, 0.05) is 5.56 Å². The van der Waals surface area contributed by atoms with Gasteiger partial charge >= 0.3 is 6.18 Å². The van der Waals surface area contributed by atoms with E-state index in [4.69, 9.17) is 25.3 Å². The van der Waals surface area contributed by atoms with Gasteiger partial charge < -0.3 is 18.8 Å². The molecule has 1 fully saturated rings. The molecule has 2 heterocycles. The van der Waals surface area contributed by atoms with Crippen molar-refractivity contribution in [2.24, 2.45) is 0 Å². The van der Waals surface area contributed by atoms with Crippen LogP contribution in [0.2, 0.25) is 23.2 Å². The third-order valence-corrected chi connectivity index (χ3v) is 13.7. The number of aliphatic hydroxyl groups is 1. The first-order valence-corrected chi connectivity index (χ1v) is 17.7. The summed E-state index contributed by atoms with van der Waals surface area (Å²) in [6, 6.07) is 14.0. The van der Waals surface area contributed by atoms with Crippen LogP contribution in [0.1, 0.15) is 63.4 Å². The zero-order valence-electron chi connectivity index (χ0n) is 25.6. The molecule has 2 aromatic heterocycles. The molecule has 2 aromatic carbocycles. The predicted octanol–water partition coefficient (Wildman–Crippen LogP) is 9.06. The van der Waals surface area contributed by atoms with Crippen LogP contribution in [0, 0.1) is 0 Å². The molecule has 4 aromatic rings. The van der Waals surface area contributed by atoms with Crippen LogP contribution in [-0.2, 0) is 23.8 Å². The lowest BCUT2D eigenvalue weighted by atomic mass is 9.77. The van der Waals surface area contributed by atoms with Gasteiger partial charge in [-0.25, -0.2) is 0 Å². The topological polar surface area (TPSA) is 82.5 Å². The van der Waals surface area contributed by atoms with E-state index in [2.05, 4.69) is 44.1 Å². The van der Waals surface area contributed by atoms with E-state index in [0.29, 0.717) is 24.2 Å². The van der Waals surface area contributed by atoms with Crippen molar-refractivity contribution in [2.75, 3.05) is 0 Å². The first-order chi connectivity index (χ1) is 20.5. The van der Waals surface area contributed by atoms with Gasteiger partial charge in [-0.2, -0.15) is 18.3 Å². The molecule has 0 spiro atoms. The number of alkyl halides is 3. The van der Waals surface area contributed by atoms with E-state index in [1.54, 1.807) is 18.2 Å². The molecule has 5 rings (SSSR count). The van der Waals surface area contributed by atoms with Crippen molar-refractivity contribution in [3.63, 3.8) is 0 Å². The molecule has 1 aliphatic rings. The van der Waals surface area contributed by atoms with E-state index in [0.717, 1.165) is 16.4 Å². The highest BCUT2D eigenvalue weighted by Crippen LogP contribution is 2.51. The number of halogens is 4. The maximum absolute atomic E-state index is 14.6. The molecule has 0 amide bonds. The Labute approximate surface area is 261 Å². The Hall–Kier alpha value is -3.12. The molecule has 0 aliphatic heterocycles. The number of ether oxygens (including phenoxy) is 1. The zero-order valence-corrected chi connectivity index (χ0v) is 27.4. The van der Waals surface area contributed by atoms with Crippen molar-refractivity contribution in [3.8, 4) is 28.3 Å². The van der Waals surface area contributed by atoms with Gasteiger partial charge in [0.05, 0.1) is 40.6 Å². The normalized spacial score (nSPS) is 19.2. The predicted molar refractivity (Wildman–Crippen MR) is 165 cm³/mol. The molecular weight excluding hydrogens is 611 g/mol. The molecule has 0 bridgehead atoms. The minimum absolute atomic E-state index is 0.0295. The van der Waals surface area contributed by atoms with Crippen molar-refractivity contribution in [2.45, 2.75) is 89.7 Å². The Morgan fingerprint density at radius 3 is 2.36 bits per heavy atom. The van der Waals surface area contributed by atoms with E-state index >= 15 is 0 Å². The van der Waals surface area contributed by atoms with Crippen LogP contribution in [0.3, 0.4) is 0 Å². The Morgan fingerprint density at radius 1 is 1.07 bits per heavy atom. The molecule has 0 unspecified atom stereocenters. The highest BCUT2D eigenvalue weighted by atomic mass is 35.5. The third-order valence-electron chi connectivity index (χ3n) is 8.70. The summed E-state index contributed by atoms with van der Waals surface area (Å²) in [4.78, 5) is 0. The van der Waals surface area contributed by atoms with E-state index in [-0.39, 0.29) is 39.2 Å². The molecule has 0 saturated heterocycles. The van der Waals surface area contributed by atoms with Crippen molar-refractivity contribution in [3.05, 3.63) is 76.6 Å². The second-order valence-corrected chi connectivity index (χ2v) is 18.2. The van der Waals surface area contributed by atoms with Gasteiger partial charge in [0.1, 0.15) is 18.1 Å². The lowest BCUT2D eigenvalue weighted by Crippen LogP contribution is -2.54. The average Bonchev–Trinajstić information content (AvgIpc) is 3.55. The van der Waals surface area contributed by atoms with Crippen LogP contribution in [0.15, 0.2) is 59.3 Å². The molecular formula is C32H37ClF3N3O4Si. The van der Waals surface area contributed by atoms with Crippen LogP contribution in [0.5, 0.6) is 5.75 Å². The van der Waals surface area contributed by atoms with Crippen LogP contribution in [-0.4, -0.2) is 34.0 Å². The minimum Gasteiger partial charge on any atom is -0.487 e. The maximum atomic E-state index is 14.6. The molecule has 44 heavy (non-hydrogen) atoms. The molecule has 1 N–H and O–H groups in total. The third kappa shape index (κ3) is 6.20. The number of benzene rings is 2. The number of hydrogen-bond donors (Lipinski definition) is 1. The fourth-order valence-corrected chi connectivity index (χ4v) is 7.44. The molecule has 236 valence electrons. The quantitative estimate of drug-likeness (QED) is 0.183. The monoisotopic (exact) mass is 647 g/mol. The largest absolute Gasteiger partial charge is 0.487 e. The standard InChI is InChI=1S/C32H37ClF3N3O4Si/c1-30(2,3)44(5,6)43-31(4)15-21(16-31)39-29(32(34,35)36)23(17-37-39)28-24(18-40)27(38-42-28)22-13-10-14-25(26(22)33)41-19-20-11-8-7-9-12-20/h7-14,17,21,40H,15-16,18-19H2,1-6H3. The Balaban J connectivity index is 1.45. The lowest BCUT2D eigenvalue weighted by molar-refractivity contribution is -0.148. The molecule has 1 saturated carbocycles. The van der Waals surface area contributed by atoms with Crippen molar-refractivity contribution in [1.82, 2.24) is 14.9 Å². The van der Waals surface area contributed by atoms with E-state index in [9.17, 15) is 18.3 Å². The van der Waals surface area contributed by atoms with Gasteiger partial charge in [0.25, 0.3) is 0 Å². The zero-order chi connectivity index (χ0) is 32.1. The number of nitrogens with zero attached hydrogens (tertiary/aromatic N) is 3. The van der Waals surface area contributed by atoms with Gasteiger partial charge in [-0.15, -0.1) is 0 Å². The molecule has 0 radical (unpaired) electrons. The number of aliphatic hydroxyl groups excluding tert-OH is 1. The van der Waals surface area contributed by atoms with Crippen LogP contribution in [0.25, 0.3) is 22.6 Å². The summed E-state index contributed by atoms with van der Waals surface area (Å²) < 4.78 is 62.9. The second-order valence-electron chi connectivity index (χ2n) is 13.1. The van der Waals surface area contributed by atoms with Crippen molar-refractivity contribution < 1.29 is 32.0 Å². The van der Waals surface area contributed by atoms with Gasteiger partial charge in [-0.1, -0.05) is 80.0 Å². The summed E-state index contributed by atoms with van der Waals surface area (Å²) in [6.45, 7) is 12.2. The number of hydrogen-bond acceptors (Lipinski definition) is 6. The number of aromatic nitrogens is 3. The second kappa shape index (κ2) is 11.7. The minimum atomic E-state index is -4.75. The smallest absolute Gasteiger partial charge is 0.433 e. The summed E-state index contributed by atoms with van der Waals surface area (Å²) in [5.74, 6) is 0.144. The van der Waals surface area contributed by atoms with Gasteiger partial charge in [-0.3, -0.25) is 4.68 Å².